The zero-order valence-corrected chi connectivity index (χ0v) is 17.3. The van der Waals surface area contributed by atoms with Crippen molar-refractivity contribution in [3.05, 3.63) is 105 Å². The first-order valence-electron chi connectivity index (χ1n) is 9.74. The maximum Gasteiger partial charge on any atom is 0.416 e. The fourth-order valence-corrected chi connectivity index (χ4v) is 3.16. The van der Waals surface area contributed by atoms with Crippen LogP contribution in [0.3, 0.4) is 0 Å². The predicted molar refractivity (Wildman–Crippen MR) is 113 cm³/mol. The van der Waals surface area contributed by atoms with E-state index in [4.69, 9.17) is 4.74 Å². The summed E-state index contributed by atoms with van der Waals surface area (Å²) in [5, 5.41) is 20.7. The fourth-order valence-electron chi connectivity index (χ4n) is 3.16. The Bertz CT molecular complexity index is 1280. The average molecular weight is 468 g/mol. The summed E-state index contributed by atoms with van der Waals surface area (Å²) in [5.41, 5.74) is -1.53. The second-order valence-electron chi connectivity index (χ2n) is 7.14. The lowest BCUT2D eigenvalue weighted by atomic mass is 9.91. The van der Waals surface area contributed by atoms with Gasteiger partial charge in [0, 0.05) is 12.5 Å². The lowest BCUT2D eigenvalue weighted by Crippen LogP contribution is -2.15. The molecule has 7 nitrogen and oxygen atoms in total. The molecule has 0 radical (unpaired) electrons. The number of nitro benzene ring substituents is 1. The van der Waals surface area contributed by atoms with Crippen molar-refractivity contribution in [3.8, 4) is 11.8 Å². The molecule has 3 aromatic rings. The van der Waals surface area contributed by atoms with Gasteiger partial charge in [-0.3, -0.25) is 14.9 Å². The van der Waals surface area contributed by atoms with Crippen LogP contribution in [-0.4, -0.2) is 16.7 Å². The summed E-state index contributed by atoms with van der Waals surface area (Å²) in [7, 11) is 0. The highest BCUT2D eigenvalue weighted by atomic mass is 19.4. The monoisotopic (exact) mass is 468 g/mol. The zero-order chi connectivity index (χ0) is 24.9. The Morgan fingerprint density at radius 3 is 2.35 bits per heavy atom. The van der Waals surface area contributed by atoms with Crippen LogP contribution in [0.15, 0.2) is 72.8 Å². The van der Waals surface area contributed by atoms with Crippen molar-refractivity contribution < 1.29 is 32.4 Å². The van der Waals surface area contributed by atoms with Gasteiger partial charge in [-0.15, -0.1) is 0 Å². The summed E-state index contributed by atoms with van der Waals surface area (Å²) in [6.07, 6.45) is -4.83. The van der Waals surface area contributed by atoms with E-state index in [2.05, 4.69) is 0 Å². The lowest BCUT2D eigenvalue weighted by molar-refractivity contribution is -0.385. The van der Waals surface area contributed by atoms with E-state index in [-0.39, 0.29) is 23.6 Å². The molecule has 10 heteroatoms. The van der Waals surface area contributed by atoms with Gasteiger partial charge in [0.15, 0.2) is 5.78 Å². The maximum atomic E-state index is 12.9. The quantitative estimate of drug-likeness (QED) is 0.203. The fraction of sp³-hybridized carbons (Fsp3) is 0.125. The van der Waals surface area contributed by atoms with Crippen LogP contribution in [0.5, 0.6) is 5.75 Å². The molecule has 0 spiro atoms. The molecule has 0 N–H and O–H groups in total. The largest absolute Gasteiger partial charge is 0.416 e. The molecule has 0 bridgehead atoms. The van der Waals surface area contributed by atoms with Crippen LogP contribution in [0.1, 0.15) is 33.0 Å². The first-order valence-corrected chi connectivity index (χ1v) is 9.74. The standard InChI is InChI=1S/C24H15F3N2O5/c25-24(26,27)18-9-10-22(20(13-18)29(32)33)34-23(31)17-8-4-7-16(12-17)19(14-28)21(30)11-15-5-2-1-3-6-15/h1-10,12-13,19H,11H2. The third kappa shape index (κ3) is 5.63. The third-order valence-corrected chi connectivity index (χ3v) is 4.81. The Kier molecular flexibility index (Phi) is 7.06. The van der Waals surface area contributed by atoms with Crippen molar-refractivity contribution in [2.75, 3.05) is 0 Å². The number of hydrogen-bond donors (Lipinski definition) is 0. The van der Waals surface area contributed by atoms with Crippen LogP contribution in [0.2, 0.25) is 0 Å². The van der Waals surface area contributed by atoms with E-state index in [9.17, 15) is 38.1 Å². The Balaban J connectivity index is 1.84. The molecule has 0 aromatic heterocycles. The van der Waals surface area contributed by atoms with Crippen LogP contribution >= 0.6 is 0 Å². The van der Waals surface area contributed by atoms with E-state index in [1.165, 1.54) is 24.3 Å². The van der Waals surface area contributed by atoms with Crippen molar-refractivity contribution in [1.29, 1.82) is 5.26 Å². The second-order valence-corrected chi connectivity index (χ2v) is 7.14. The summed E-state index contributed by atoms with van der Waals surface area (Å²) < 4.78 is 43.6. The third-order valence-electron chi connectivity index (χ3n) is 4.81. The number of rotatable bonds is 7. The van der Waals surface area contributed by atoms with Gasteiger partial charge < -0.3 is 4.74 Å². The van der Waals surface area contributed by atoms with E-state index >= 15 is 0 Å². The number of benzene rings is 3. The number of Topliss-reactive ketones (excluding diaryl/α,β-unsaturated/α-hetero) is 1. The van der Waals surface area contributed by atoms with Gasteiger partial charge in [0.1, 0.15) is 5.92 Å². The van der Waals surface area contributed by atoms with Crippen LogP contribution in [0.4, 0.5) is 18.9 Å². The van der Waals surface area contributed by atoms with Gasteiger partial charge in [0.2, 0.25) is 5.75 Å². The van der Waals surface area contributed by atoms with Gasteiger partial charge in [-0.05, 0) is 35.4 Å². The molecule has 3 aromatic carbocycles. The average Bonchev–Trinajstić information content (AvgIpc) is 2.79. The second kappa shape index (κ2) is 9.95. The molecular formula is C24H15F3N2O5. The van der Waals surface area contributed by atoms with Crippen molar-refractivity contribution in [2.45, 2.75) is 18.5 Å². The smallest absolute Gasteiger partial charge is 0.416 e. The van der Waals surface area contributed by atoms with Gasteiger partial charge in [-0.2, -0.15) is 18.4 Å². The number of nitriles is 1. The van der Waals surface area contributed by atoms with E-state index in [0.29, 0.717) is 17.7 Å². The number of hydrogen-bond acceptors (Lipinski definition) is 6. The normalized spacial score (nSPS) is 11.8. The van der Waals surface area contributed by atoms with Crippen molar-refractivity contribution >= 4 is 17.4 Å². The molecule has 0 amide bonds. The SMILES string of the molecule is N#CC(C(=O)Cc1ccccc1)c1cccc(C(=O)Oc2ccc(C(F)(F)F)cc2[N+](=O)[O-])c1. The van der Waals surface area contributed by atoms with Crippen LogP contribution in [0, 0.1) is 21.4 Å². The number of alkyl halides is 3. The van der Waals surface area contributed by atoms with Gasteiger partial charge in [-0.25, -0.2) is 4.79 Å². The van der Waals surface area contributed by atoms with E-state index in [0.717, 1.165) is 0 Å². The number of esters is 1. The molecular weight excluding hydrogens is 453 g/mol. The molecule has 0 aliphatic heterocycles. The molecule has 1 atom stereocenters. The summed E-state index contributed by atoms with van der Waals surface area (Å²) >= 11 is 0. The van der Waals surface area contributed by atoms with E-state index < -0.39 is 45.8 Å². The topological polar surface area (TPSA) is 110 Å². The molecule has 0 aliphatic carbocycles. The number of carbonyl (C=O) groups excluding carboxylic acids is 2. The molecule has 0 fully saturated rings. The molecule has 0 aliphatic rings. The number of carbonyl (C=O) groups is 2. The molecule has 172 valence electrons. The first kappa shape index (κ1) is 24.1. The summed E-state index contributed by atoms with van der Waals surface area (Å²) in [5.74, 6) is -3.37. The Labute approximate surface area is 191 Å². The zero-order valence-electron chi connectivity index (χ0n) is 17.3. The minimum absolute atomic E-state index is 0.00844. The number of ketones is 1. The molecule has 0 saturated heterocycles. The van der Waals surface area contributed by atoms with Crippen LogP contribution in [-0.2, 0) is 17.4 Å². The van der Waals surface area contributed by atoms with Gasteiger partial charge in [0.05, 0.1) is 22.1 Å². The van der Waals surface area contributed by atoms with E-state index in [1.54, 1.807) is 30.3 Å². The number of nitro groups is 1. The van der Waals surface area contributed by atoms with Crippen molar-refractivity contribution in [2.24, 2.45) is 0 Å². The first-order chi connectivity index (χ1) is 16.1. The van der Waals surface area contributed by atoms with Gasteiger partial charge in [0.25, 0.3) is 0 Å². The Hall–Kier alpha value is -4.52. The van der Waals surface area contributed by atoms with E-state index in [1.807, 2.05) is 6.07 Å². The highest BCUT2D eigenvalue weighted by Crippen LogP contribution is 2.36. The predicted octanol–water partition coefficient (Wildman–Crippen LogP) is 5.25. The Morgan fingerprint density at radius 1 is 1.03 bits per heavy atom. The summed E-state index contributed by atoms with van der Waals surface area (Å²) in [6.45, 7) is 0. The molecule has 0 saturated carbocycles. The Morgan fingerprint density at radius 2 is 1.74 bits per heavy atom. The van der Waals surface area contributed by atoms with Crippen molar-refractivity contribution in [1.82, 2.24) is 0 Å². The minimum Gasteiger partial charge on any atom is -0.416 e. The van der Waals surface area contributed by atoms with Crippen molar-refractivity contribution in [3.63, 3.8) is 0 Å². The molecule has 3 rings (SSSR count). The van der Waals surface area contributed by atoms with Gasteiger partial charge >= 0.3 is 17.8 Å². The molecule has 0 heterocycles. The highest BCUT2D eigenvalue weighted by molar-refractivity contribution is 5.94. The number of ether oxygens (including phenoxy) is 1. The van der Waals surface area contributed by atoms with Crippen LogP contribution < -0.4 is 4.74 Å². The number of nitrogens with zero attached hydrogens (tertiary/aromatic N) is 2. The minimum atomic E-state index is -4.82. The molecule has 1 unspecified atom stereocenters. The van der Waals surface area contributed by atoms with Crippen LogP contribution in [0.25, 0.3) is 0 Å². The summed E-state index contributed by atoms with van der Waals surface area (Å²) in [6, 6.07) is 17.5. The number of halogens is 3. The highest BCUT2D eigenvalue weighted by Gasteiger charge is 2.34. The van der Waals surface area contributed by atoms with Gasteiger partial charge in [-0.1, -0.05) is 42.5 Å². The summed E-state index contributed by atoms with van der Waals surface area (Å²) in [4.78, 5) is 35.3. The lowest BCUT2D eigenvalue weighted by Gasteiger charge is -2.11. The molecule has 34 heavy (non-hydrogen) atoms. The maximum absolute atomic E-state index is 12.9.